The average Bonchev–Trinajstić information content (AvgIpc) is 3.48. The fourth-order valence-corrected chi connectivity index (χ4v) is 6.14. The minimum absolute atomic E-state index is 0.0306. The second-order valence-corrected chi connectivity index (χ2v) is 9.72. The summed E-state index contributed by atoms with van der Waals surface area (Å²) in [4.78, 5) is 29.3. The largest absolute Gasteiger partial charge is 0.394 e. The Hall–Kier alpha value is -2.32. The van der Waals surface area contributed by atoms with E-state index in [4.69, 9.17) is 0 Å². The van der Waals surface area contributed by atoms with E-state index >= 15 is 0 Å². The molecule has 0 spiro atoms. The summed E-state index contributed by atoms with van der Waals surface area (Å²) in [5.41, 5.74) is 2.14. The molecule has 4 aliphatic rings. The number of nitrogens with zero attached hydrogens (tertiary/aromatic N) is 2. The number of carbonyl (C=O) groups is 2. The molecule has 3 atom stereocenters. The smallest absolute Gasteiger partial charge is 0.242 e. The number of amides is 2. The van der Waals surface area contributed by atoms with Crippen molar-refractivity contribution < 1.29 is 14.7 Å². The van der Waals surface area contributed by atoms with Crippen LogP contribution in [0.1, 0.15) is 68.4 Å². The SMILES string of the molecule is O=C(C1CCCC1)N1CC(=O)N2[C@H](CO)[C@@H](c3ccc(C#CC4CCCC4)cc3)[C@@H]2C1. The summed E-state index contributed by atoms with van der Waals surface area (Å²) in [5, 5.41) is 9.99. The highest BCUT2D eigenvalue weighted by Crippen LogP contribution is 2.43. The molecule has 2 aliphatic carbocycles. The third kappa shape index (κ3) is 3.87. The van der Waals surface area contributed by atoms with E-state index in [1.165, 1.54) is 25.7 Å². The molecule has 0 unspecified atom stereocenters. The number of fused-ring (bicyclic) bond motifs is 1. The Bertz CT molecular complexity index is 887. The van der Waals surface area contributed by atoms with Gasteiger partial charge < -0.3 is 14.9 Å². The molecule has 5 nitrogen and oxygen atoms in total. The Morgan fingerprint density at radius 3 is 2.39 bits per heavy atom. The quantitative estimate of drug-likeness (QED) is 0.765. The van der Waals surface area contributed by atoms with Crippen LogP contribution >= 0.6 is 0 Å². The third-order valence-electron chi connectivity index (χ3n) is 7.84. The molecule has 2 amide bonds. The van der Waals surface area contributed by atoms with Gasteiger partial charge in [-0.2, -0.15) is 0 Å². The van der Waals surface area contributed by atoms with Crippen molar-refractivity contribution in [3.8, 4) is 11.8 Å². The Morgan fingerprint density at radius 2 is 1.71 bits per heavy atom. The van der Waals surface area contributed by atoms with Crippen LogP contribution in [-0.2, 0) is 9.59 Å². The van der Waals surface area contributed by atoms with E-state index in [0.717, 1.165) is 36.8 Å². The third-order valence-corrected chi connectivity index (χ3v) is 7.84. The topological polar surface area (TPSA) is 60.9 Å². The number of aliphatic hydroxyl groups excluding tert-OH is 1. The van der Waals surface area contributed by atoms with Crippen LogP contribution in [-0.4, -0.2) is 58.5 Å². The van der Waals surface area contributed by atoms with E-state index in [2.05, 4.69) is 36.1 Å². The second kappa shape index (κ2) is 8.67. The van der Waals surface area contributed by atoms with Gasteiger partial charge in [0.05, 0.1) is 25.2 Å². The van der Waals surface area contributed by atoms with Gasteiger partial charge in [-0.1, -0.05) is 49.7 Å². The normalized spacial score (nSPS) is 28.8. The van der Waals surface area contributed by atoms with Gasteiger partial charge in [-0.05, 0) is 43.4 Å². The van der Waals surface area contributed by atoms with E-state index in [1.807, 2.05) is 4.90 Å². The zero-order valence-electron chi connectivity index (χ0n) is 18.1. The molecule has 2 heterocycles. The Balaban J connectivity index is 1.31. The minimum Gasteiger partial charge on any atom is -0.394 e. The molecule has 2 aliphatic heterocycles. The Kier molecular flexibility index (Phi) is 5.75. The van der Waals surface area contributed by atoms with Crippen LogP contribution in [0.5, 0.6) is 0 Å². The first kappa shape index (κ1) is 20.6. The summed E-state index contributed by atoms with van der Waals surface area (Å²) >= 11 is 0. The maximum absolute atomic E-state index is 12.9. The molecule has 5 rings (SSSR count). The van der Waals surface area contributed by atoms with Gasteiger partial charge in [0.25, 0.3) is 0 Å². The summed E-state index contributed by atoms with van der Waals surface area (Å²) < 4.78 is 0. The number of benzene rings is 1. The van der Waals surface area contributed by atoms with Crippen LogP contribution in [0.3, 0.4) is 0 Å². The lowest BCUT2D eigenvalue weighted by atomic mass is 9.73. The molecule has 31 heavy (non-hydrogen) atoms. The first-order valence-electron chi connectivity index (χ1n) is 12.0. The molecule has 0 aromatic heterocycles. The van der Waals surface area contributed by atoms with Crippen molar-refractivity contribution in [1.29, 1.82) is 0 Å². The van der Waals surface area contributed by atoms with E-state index in [0.29, 0.717) is 12.5 Å². The number of piperazine rings is 1. The maximum atomic E-state index is 12.9. The predicted octanol–water partition coefficient (Wildman–Crippen LogP) is 2.92. The molecule has 5 heteroatoms. The highest BCUT2D eigenvalue weighted by atomic mass is 16.3. The summed E-state index contributed by atoms with van der Waals surface area (Å²) in [7, 11) is 0. The van der Waals surface area contributed by atoms with Crippen LogP contribution in [0.4, 0.5) is 0 Å². The molecular weight excluding hydrogens is 388 g/mol. The van der Waals surface area contributed by atoms with Crippen LogP contribution < -0.4 is 0 Å². The lowest BCUT2D eigenvalue weighted by Crippen LogP contribution is -2.73. The molecule has 164 valence electrons. The standard InChI is InChI=1S/C26H32N2O3/c29-17-23-25(20-13-11-19(12-14-20)10-9-18-5-1-2-6-18)22-15-27(16-24(30)28(22)23)26(31)21-7-3-4-8-21/h11-14,18,21-23,25,29H,1-8,15-17H2/t22-,23+,25-/m0/s1. The van der Waals surface area contributed by atoms with Crippen molar-refractivity contribution in [2.45, 2.75) is 69.4 Å². The molecule has 0 bridgehead atoms. The number of aliphatic hydroxyl groups is 1. The van der Waals surface area contributed by atoms with Gasteiger partial charge in [-0.15, -0.1) is 0 Å². The van der Waals surface area contributed by atoms with Gasteiger partial charge in [0.1, 0.15) is 0 Å². The number of rotatable bonds is 3. The minimum atomic E-state index is -0.198. The number of hydrogen-bond donors (Lipinski definition) is 1. The summed E-state index contributed by atoms with van der Waals surface area (Å²) in [6.07, 6.45) is 9.13. The second-order valence-electron chi connectivity index (χ2n) is 9.72. The van der Waals surface area contributed by atoms with Gasteiger partial charge in [0.2, 0.25) is 11.8 Å². The molecule has 2 saturated heterocycles. The van der Waals surface area contributed by atoms with E-state index in [9.17, 15) is 14.7 Å². The maximum Gasteiger partial charge on any atom is 0.242 e. The summed E-state index contributed by atoms with van der Waals surface area (Å²) in [6, 6.07) is 8.05. The van der Waals surface area contributed by atoms with Crippen LogP contribution in [0, 0.1) is 23.7 Å². The average molecular weight is 421 g/mol. The van der Waals surface area contributed by atoms with E-state index < -0.39 is 0 Å². The molecule has 1 aromatic carbocycles. The zero-order valence-corrected chi connectivity index (χ0v) is 18.1. The van der Waals surface area contributed by atoms with Crippen LogP contribution in [0.2, 0.25) is 0 Å². The Morgan fingerprint density at radius 1 is 1.03 bits per heavy atom. The first-order chi connectivity index (χ1) is 15.2. The number of hydrogen-bond acceptors (Lipinski definition) is 3. The van der Waals surface area contributed by atoms with Crippen LogP contribution in [0.25, 0.3) is 0 Å². The zero-order chi connectivity index (χ0) is 21.4. The van der Waals surface area contributed by atoms with Gasteiger partial charge >= 0.3 is 0 Å². The van der Waals surface area contributed by atoms with Gasteiger partial charge in [0, 0.05) is 29.9 Å². The van der Waals surface area contributed by atoms with E-state index in [-0.39, 0.29) is 48.9 Å². The lowest BCUT2D eigenvalue weighted by molar-refractivity contribution is -0.168. The van der Waals surface area contributed by atoms with Crippen molar-refractivity contribution in [2.75, 3.05) is 19.7 Å². The van der Waals surface area contributed by atoms with Crippen molar-refractivity contribution in [3.05, 3.63) is 35.4 Å². The fourth-order valence-electron chi connectivity index (χ4n) is 6.14. The van der Waals surface area contributed by atoms with Crippen molar-refractivity contribution >= 4 is 11.8 Å². The molecule has 2 saturated carbocycles. The van der Waals surface area contributed by atoms with Crippen molar-refractivity contribution in [3.63, 3.8) is 0 Å². The lowest BCUT2D eigenvalue weighted by Gasteiger charge is -2.59. The Labute approximate surface area is 184 Å². The van der Waals surface area contributed by atoms with Crippen LogP contribution in [0.15, 0.2) is 24.3 Å². The molecular formula is C26H32N2O3. The molecule has 1 N–H and O–H groups in total. The predicted molar refractivity (Wildman–Crippen MR) is 118 cm³/mol. The van der Waals surface area contributed by atoms with Gasteiger partial charge in [0.15, 0.2) is 0 Å². The number of carbonyl (C=O) groups excluding carboxylic acids is 2. The molecule has 4 fully saturated rings. The monoisotopic (exact) mass is 420 g/mol. The van der Waals surface area contributed by atoms with Gasteiger partial charge in [-0.25, -0.2) is 0 Å². The molecule has 1 aromatic rings. The molecule has 0 radical (unpaired) electrons. The van der Waals surface area contributed by atoms with Crippen molar-refractivity contribution in [2.24, 2.45) is 11.8 Å². The van der Waals surface area contributed by atoms with Crippen molar-refractivity contribution in [1.82, 2.24) is 9.80 Å². The fraction of sp³-hybridized carbons (Fsp3) is 0.615. The van der Waals surface area contributed by atoms with Gasteiger partial charge in [-0.3, -0.25) is 9.59 Å². The highest BCUT2D eigenvalue weighted by Gasteiger charge is 2.54. The first-order valence-corrected chi connectivity index (χ1v) is 12.0. The summed E-state index contributed by atoms with van der Waals surface area (Å²) in [5.74, 6) is 7.52. The summed E-state index contributed by atoms with van der Waals surface area (Å²) in [6.45, 7) is 0.683. The highest BCUT2D eigenvalue weighted by molar-refractivity contribution is 5.88. The van der Waals surface area contributed by atoms with E-state index in [1.54, 1.807) is 4.90 Å².